The summed E-state index contributed by atoms with van der Waals surface area (Å²) in [5.74, 6) is -0.587. The highest BCUT2D eigenvalue weighted by Gasteiger charge is 2.05. The maximum Gasteiger partial charge on any atom is 0.335 e. The Morgan fingerprint density at radius 3 is 2.65 bits per heavy atom. The largest absolute Gasteiger partial charge is 0.487 e. The Kier molecular flexibility index (Phi) is 4.31. The van der Waals surface area contributed by atoms with Crippen molar-refractivity contribution >= 4 is 28.3 Å². The van der Waals surface area contributed by atoms with Gasteiger partial charge in [-0.05, 0) is 24.3 Å². The van der Waals surface area contributed by atoms with E-state index in [2.05, 4.69) is 10.3 Å². The number of ether oxygens (including phenoxy) is 1. The number of carbonyl (C=O) groups is 2. The van der Waals surface area contributed by atoms with E-state index in [-0.39, 0.29) is 18.1 Å². The van der Waals surface area contributed by atoms with E-state index >= 15 is 0 Å². The summed E-state index contributed by atoms with van der Waals surface area (Å²) in [4.78, 5) is 25.7. The number of carbonyl (C=O) groups excluding carboxylic acids is 1. The van der Waals surface area contributed by atoms with Crippen LogP contribution in [0, 0.1) is 0 Å². The first-order valence-electron chi connectivity index (χ1n) is 5.73. The van der Waals surface area contributed by atoms with Crippen LogP contribution in [0.3, 0.4) is 0 Å². The number of hydrogen-bond acceptors (Lipinski definition) is 5. The minimum atomic E-state index is -0.976. The lowest BCUT2D eigenvalue weighted by molar-refractivity contribution is -0.114. The molecule has 2 aromatic rings. The third kappa shape index (κ3) is 3.79. The standard InChI is InChI=1S/C13H12N2O4S/c1-8(16)14-13-15-10(7-20-13)6-19-11-4-2-9(3-5-11)12(17)18/h2-5,7H,6H2,1H3,(H,17,18)(H,14,15,16). The fraction of sp³-hybridized carbons (Fsp3) is 0.154. The number of carboxylic acid groups (broad SMARTS) is 1. The van der Waals surface area contributed by atoms with Crippen molar-refractivity contribution in [1.29, 1.82) is 0 Å². The fourth-order valence-corrected chi connectivity index (χ4v) is 2.17. The minimum absolute atomic E-state index is 0.170. The molecule has 2 N–H and O–H groups in total. The van der Waals surface area contributed by atoms with Gasteiger partial charge in [-0.15, -0.1) is 11.3 Å². The molecule has 0 aliphatic heterocycles. The molecule has 0 fully saturated rings. The predicted octanol–water partition coefficient (Wildman–Crippen LogP) is 2.38. The SMILES string of the molecule is CC(=O)Nc1nc(COc2ccc(C(=O)O)cc2)cs1. The van der Waals surface area contributed by atoms with E-state index in [0.717, 1.165) is 0 Å². The van der Waals surface area contributed by atoms with Crippen LogP contribution in [0.4, 0.5) is 5.13 Å². The zero-order valence-corrected chi connectivity index (χ0v) is 11.4. The van der Waals surface area contributed by atoms with E-state index in [1.807, 2.05) is 0 Å². The Bertz CT molecular complexity index is 622. The predicted molar refractivity (Wildman–Crippen MR) is 74.2 cm³/mol. The third-order valence-electron chi connectivity index (χ3n) is 2.32. The van der Waals surface area contributed by atoms with E-state index in [0.29, 0.717) is 16.6 Å². The minimum Gasteiger partial charge on any atom is -0.487 e. The van der Waals surface area contributed by atoms with Gasteiger partial charge in [-0.2, -0.15) is 0 Å². The first kappa shape index (κ1) is 14.0. The van der Waals surface area contributed by atoms with Gasteiger partial charge in [-0.1, -0.05) is 0 Å². The quantitative estimate of drug-likeness (QED) is 0.883. The van der Waals surface area contributed by atoms with Gasteiger partial charge in [0.05, 0.1) is 11.3 Å². The summed E-state index contributed by atoms with van der Waals surface area (Å²) in [6.07, 6.45) is 0. The number of rotatable bonds is 5. The average Bonchev–Trinajstić information content (AvgIpc) is 2.83. The number of aromatic nitrogens is 1. The molecular formula is C13H12N2O4S. The van der Waals surface area contributed by atoms with Crippen molar-refractivity contribution in [1.82, 2.24) is 4.98 Å². The van der Waals surface area contributed by atoms with E-state index in [9.17, 15) is 9.59 Å². The zero-order valence-electron chi connectivity index (χ0n) is 10.6. The highest BCUT2D eigenvalue weighted by atomic mass is 32.1. The molecule has 1 aromatic heterocycles. The molecule has 0 aliphatic rings. The van der Waals surface area contributed by atoms with Gasteiger partial charge in [0, 0.05) is 12.3 Å². The summed E-state index contributed by atoms with van der Waals surface area (Å²) < 4.78 is 5.48. The average molecular weight is 292 g/mol. The molecule has 0 atom stereocenters. The summed E-state index contributed by atoms with van der Waals surface area (Å²) in [6.45, 7) is 1.67. The van der Waals surface area contributed by atoms with Crippen LogP contribution in [0.5, 0.6) is 5.75 Å². The number of nitrogens with one attached hydrogen (secondary N) is 1. The molecular weight excluding hydrogens is 280 g/mol. The van der Waals surface area contributed by atoms with Crippen molar-refractivity contribution in [3.63, 3.8) is 0 Å². The van der Waals surface area contributed by atoms with Crippen LogP contribution in [-0.2, 0) is 11.4 Å². The Morgan fingerprint density at radius 1 is 1.35 bits per heavy atom. The highest BCUT2D eigenvalue weighted by Crippen LogP contribution is 2.18. The van der Waals surface area contributed by atoms with Gasteiger partial charge in [0.25, 0.3) is 0 Å². The number of thiazole rings is 1. The Hall–Kier alpha value is -2.41. The monoisotopic (exact) mass is 292 g/mol. The maximum atomic E-state index is 10.9. The van der Waals surface area contributed by atoms with Crippen molar-refractivity contribution in [2.75, 3.05) is 5.32 Å². The first-order valence-corrected chi connectivity index (χ1v) is 6.60. The molecule has 1 amide bonds. The molecule has 0 aliphatic carbocycles. The molecule has 0 radical (unpaired) electrons. The second-order valence-corrected chi connectivity index (χ2v) is 4.80. The van der Waals surface area contributed by atoms with E-state index in [1.165, 1.54) is 30.4 Å². The molecule has 1 aromatic carbocycles. The lowest BCUT2D eigenvalue weighted by atomic mass is 10.2. The number of anilines is 1. The number of carboxylic acids is 1. The normalized spacial score (nSPS) is 10.1. The van der Waals surface area contributed by atoms with E-state index < -0.39 is 5.97 Å². The number of hydrogen-bond donors (Lipinski definition) is 2. The molecule has 7 heteroatoms. The topological polar surface area (TPSA) is 88.5 Å². The van der Waals surface area contributed by atoms with Gasteiger partial charge in [-0.3, -0.25) is 4.79 Å². The van der Waals surface area contributed by atoms with Gasteiger partial charge in [0.2, 0.25) is 5.91 Å². The second kappa shape index (κ2) is 6.16. The smallest absolute Gasteiger partial charge is 0.335 e. The molecule has 0 saturated heterocycles. The number of amides is 1. The number of aromatic carboxylic acids is 1. The van der Waals surface area contributed by atoms with Gasteiger partial charge >= 0.3 is 5.97 Å². The van der Waals surface area contributed by atoms with Crippen LogP contribution in [-0.4, -0.2) is 22.0 Å². The molecule has 0 bridgehead atoms. The summed E-state index contributed by atoms with van der Waals surface area (Å²) in [5, 5.41) is 13.7. The van der Waals surface area contributed by atoms with E-state index in [4.69, 9.17) is 9.84 Å². The summed E-state index contributed by atoms with van der Waals surface area (Å²) in [5.41, 5.74) is 0.903. The van der Waals surface area contributed by atoms with Crippen LogP contribution >= 0.6 is 11.3 Å². The van der Waals surface area contributed by atoms with Gasteiger partial charge in [0.15, 0.2) is 5.13 Å². The molecule has 1 heterocycles. The van der Waals surface area contributed by atoms with Gasteiger partial charge < -0.3 is 15.2 Å². The van der Waals surface area contributed by atoms with Gasteiger partial charge in [-0.25, -0.2) is 9.78 Å². The molecule has 6 nitrogen and oxygen atoms in total. The van der Waals surface area contributed by atoms with Crippen molar-refractivity contribution in [3.05, 3.63) is 40.9 Å². The third-order valence-corrected chi connectivity index (χ3v) is 3.13. The van der Waals surface area contributed by atoms with Crippen molar-refractivity contribution in [3.8, 4) is 5.75 Å². The van der Waals surface area contributed by atoms with Crippen LogP contribution in [0.2, 0.25) is 0 Å². The number of nitrogens with zero attached hydrogens (tertiary/aromatic N) is 1. The van der Waals surface area contributed by atoms with Crippen LogP contribution in [0.25, 0.3) is 0 Å². The van der Waals surface area contributed by atoms with Crippen molar-refractivity contribution < 1.29 is 19.4 Å². The summed E-state index contributed by atoms with van der Waals surface area (Å²) in [6, 6.07) is 6.12. The lowest BCUT2D eigenvalue weighted by Gasteiger charge is -2.04. The first-order chi connectivity index (χ1) is 9.54. The summed E-state index contributed by atoms with van der Waals surface area (Å²) >= 11 is 1.32. The Labute approximate surface area is 119 Å². The molecule has 2 rings (SSSR count). The zero-order chi connectivity index (χ0) is 14.5. The van der Waals surface area contributed by atoms with Crippen LogP contribution in [0.15, 0.2) is 29.6 Å². The van der Waals surface area contributed by atoms with Crippen molar-refractivity contribution in [2.24, 2.45) is 0 Å². The maximum absolute atomic E-state index is 10.9. The second-order valence-electron chi connectivity index (χ2n) is 3.94. The van der Waals surface area contributed by atoms with E-state index in [1.54, 1.807) is 17.5 Å². The molecule has 104 valence electrons. The summed E-state index contributed by atoms with van der Waals surface area (Å²) in [7, 11) is 0. The fourth-order valence-electron chi connectivity index (χ4n) is 1.43. The highest BCUT2D eigenvalue weighted by molar-refractivity contribution is 7.13. The van der Waals surface area contributed by atoms with Crippen LogP contribution < -0.4 is 10.1 Å². The molecule has 0 spiro atoms. The van der Waals surface area contributed by atoms with Crippen LogP contribution in [0.1, 0.15) is 23.0 Å². The lowest BCUT2D eigenvalue weighted by Crippen LogP contribution is -2.05. The molecule has 0 saturated carbocycles. The number of benzene rings is 1. The molecule has 0 unspecified atom stereocenters. The van der Waals surface area contributed by atoms with Crippen molar-refractivity contribution in [2.45, 2.75) is 13.5 Å². The Balaban J connectivity index is 1.93. The Morgan fingerprint density at radius 2 is 2.05 bits per heavy atom. The van der Waals surface area contributed by atoms with Gasteiger partial charge in [0.1, 0.15) is 12.4 Å². The molecule has 20 heavy (non-hydrogen) atoms.